The van der Waals surface area contributed by atoms with Gasteiger partial charge < -0.3 is 0 Å². The molecule has 1 fully saturated rings. The second-order valence-corrected chi connectivity index (χ2v) is 4.97. The Labute approximate surface area is 104 Å². The predicted octanol–water partition coefficient (Wildman–Crippen LogP) is 4.03. The van der Waals surface area contributed by atoms with E-state index in [2.05, 4.69) is 37.8 Å². The van der Waals surface area contributed by atoms with Crippen LogP contribution in [0.2, 0.25) is 0 Å². The Morgan fingerprint density at radius 3 is 2.65 bits per heavy atom. The topological polar surface area (TPSA) is 17.1 Å². The lowest BCUT2D eigenvalue weighted by Crippen LogP contribution is -2.34. The first kappa shape index (κ1) is 12.1. The van der Waals surface area contributed by atoms with Gasteiger partial charge in [-0.05, 0) is 24.8 Å². The van der Waals surface area contributed by atoms with E-state index in [0.717, 1.165) is 25.7 Å². The lowest BCUT2D eigenvalue weighted by atomic mass is 9.64. The van der Waals surface area contributed by atoms with Crippen molar-refractivity contribution < 1.29 is 4.79 Å². The van der Waals surface area contributed by atoms with E-state index in [0.29, 0.717) is 12.2 Å². The summed E-state index contributed by atoms with van der Waals surface area (Å²) in [5.41, 5.74) is 2.38. The van der Waals surface area contributed by atoms with Gasteiger partial charge in [-0.2, -0.15) is 0 Å². The summed E-state index contributed by atoms with van der Waals surface area (Å²) in [6, 6.07) is 10.4. The Bertz CT molecular complexity index is 418. The summed E-state index contributed by atoms with van der Waals surface area (Å²) in [7, 11) is 0. The molecule has 1 unspecified atom stereocenters. The Morgan fingerprint density at radius 1 is 1.35 bits per heavy atom. The van der Waals surface area contributed by atoms with Crippen LogP contribution in [0.4, 0.5) is 0 Å². The van der Waals surface area contributed by atoms with Gasteiger partial charge in [-0.15, -0.1) is 0 Å². The maximum Gasteiger partial charge on any atom is 0.134 e. The van der Waals surface area contributed by atoms with E-state index in [4.69, 9.17) is 0 Å². The highest BCUT2D eigenvalue weighted by atomic mass is 16.1. The zero-order valence-electron chi connectivity index (χ0n) is 10.5. The van der Waals surface area contributed by atoms with Crippen molar-refractivity contribution in [3.63, 3.8) is 0 Å². The summed E-state index contributed by atoms with van der Waals surface area (Å²) in [6.07, 6.45) is 4.39. The van der Waals surface area contributed by atoms with Gasteiger partial charge in [-0.25, -0.2) is 0 Å². The Hall–Kier alpha value is -1.37. The molecule has 0 radical (unpaired) electrons. The van der Waals surface area contributed by atoms with E-state index in [9.17, 15) is 4.79 Å². The van der Waals surface area contributed by atoms with Crippen LogP contribution in [-0.4, -0.2) is 5.78 Å². The average Bonchev–Trinajstić information content (AvgIpc) is 2.38. The lowest BCUT2D eigenvalue weighted by Gasteiger charge is -2.39. The number of ketones is 1. The normalized spacial score (nSPS) is 24.6. The minimum Gasteiger partial charge on any atom is -0.300 e. The van der Waals surface area contributed by atoms with E-state index < -0.39 is 0 Å². The molecule has 0 amide bonds. The lowest BCUT2D eigenvalue weighted by molar-refractivity contribution is -0.121. The molecule has 2 rings (SSSR count). The van der Waals surface area contributed by atoms with Crippen molar-refractivity contribution in [2.24, 2.45) is 0 Å². The highest BCUT2D eigenvalue weighted by Crippen LogP contribution is 2.44. The van der Waals surface area contributed by atoms with Gasteiger partial charge in [0.05, 0.1) is 0 Å². The predicted molar refractivity (Wildman–Crippen MR) is 71.0 cm³/mol. The molecule has 0 spiro atoms. The molecule has 0 aromatic heterocycles. The van der Waals surface area contributed by atoms with Crippen LogP contribution in [0.1, 0.15) is 44.6 Å². The van der Waals surface area contributed by atoms with Crippen molar-refractivity contribution in [3.05, 3.63) is 48.0 Å². The molecule has 1 aromatic carbocycles. The molecule has 1 aliphatic rings. The first-order chi connectivity index (χ1) is 8.19. The van der Waals surface area contributed by atoms with Gasteiger partial charge in [0.25, 0.3) is 0 Å². The molecular formula is C16H20O. The molecule has 1 nitrogen and oxygen atoms in total. The molecule has 1 atom stereocenters. The smallest absolute Gasteiger partial charge is 0.134 e. The summed E-state index contributed by atoms with van der Waals surface area (Å²) in [5, 5.41) is 0. The van der Waals surface area contributed by atoms with Crippen LogP contribution >= 0.6 is 0 Å². The number of carbonyl (C=O) groups excluding carboxylic acids is 1. The molecule has 0 bridgehead atoms. The maximum atomic E-state index is 11.8. The second kappa shape index (κ2) is 4.87. The fraction of sp³-hybridized carbons (Fsp3) is 0.438. The van der Waals surface area contributed by atoms with Crippen LogP contribution in [0.5, 0.6) is 0 Å². The van der Waals surface area contributed by atoms with Crippen LogP contribution in [0.3, 0.4) is 0 Å². The third-order valence-corrected chi connectivity index (χ3v) is 3.99. The molecule has 90 valence electrons. The monoisotopic (exact) mass is 228 g/mol. The van der Waals surface area contributed by atoms with Crippen LogP contribution < -0.4 is 0 Å². The SMILES string of the molecule is C=C(CC)C1(c2ccccc2)CCCC(=O)C1. The molecule has 1 saturated carbocycles. The molecule has 0 aliphatic heterocycles. The number of hydrogen-bond acceptors (Lipinski definition) is 1. The largest absolute Gasteiger partial charge is 0.300 e. The van der Waals surface area contributed by atoms with Crippen molar-refractivity contribution in [1.29, 1.82) is 0 Å². The van der Waals surface area contributed by atoms with E-state index in [1.54, 1.807) is 0 Å². The van der Waals surface area contributed by atoms with Gasteiger partial charge in [-0.3, -0.25) is 4.79 Å². The van der Waals surface area contributed by atoms with Gasteiger partial charge in [-0.1, -0.05) is 49.4 Å². The van der Waals surface area contributed by atoms with Gasteiger partial charge in [0.1, 0.15) is 5.78 Å². The van der Waals surface area contributed by atoms with Gasteiger partial charge >= 0.3 is 0 Å². The van der Waals surface area contributed by atoms with Crippen LogP contribution in [0, 0.1) is 0 Å². The molecule has 0 saturated heterocycles. The number of rotatable bonds is 3. The zero-order chi connectivity index (χ0) is 12.3. The number of benzene rings is 1. The average molecular weight is 228 g/mol. The van der Waals surface area contributed by atoms with Crippen molar-refractivity contribution in [2.45, 2.75) is 44.4 Å². The summed E-state index contributed by atoms with van der Waals surface area (Å²) in [5.74, 6) is 0.384. The molecular weight excluding hydrogens is 208 g/mol. The molecule has 17 heavy (non-hydrogen) atoms. The minimum atomic E-state index is -0.0919. The van der Waals surface area contributed by atoms with Gasteiger partial charge in [0.15, 0.2) is 0 Å². The van der Waals surface area contributed by atoms with Crippen molar-refractivity contribution in [2.75, 3.05) is 0 Å². The quantitative estimate of drug-likeness (QED) is 0.714. The Kier molecular flexibility index (Phi) is 3.46. The van der Waals surface area contributed by atoms with Crippen LogP contribution in [0.25, 0.3) is 0 Å². The zero-order valence-corrected chi connectivity index (χ0v) is 10.5. The molecule has 0 N–H and O–H groups in total. The second-order valence-electron chi connectivity index (χ2n) is 4.97. The third-order valence-electron chi connectivity index (χ3n) is 3.99. The standard InChI is InChI=1S/C16H20O/c1-3-13(2)16(11-7-10-15(17)12-16)14-8-5-4-6-9-14/h4-6,8-9H,2-3,7,10-12H2,1H3. The number of carbonyl (C=O) groups is 1. The fourth-order valence-electron chi connectivity index (χ4n) is 2.95. The Balaban J connectivity index is 2.43. The van der Waals surface area contributed by atoms with Crippen molar-refractivity contribution in [3.8, 4) is 0 Å². The van der Waals surface area contributed by atoms with Crippen LogP contribution in [0.15, 0.2) is 42.5 Å². The Morgan fingerprint density at radius 2 is 2.06 bits per heavy atom. The highest BCUT2D eigenvalue weighted by molar-refractivity contribution is 5.81. The van der Waals surface area contributed by atoms with Crippen molar-refractivity contribution in [1.82, 2.24) is 0 Å². The summed E-state index contributed by atoms with van der Waals surface area (Å²) >= 11 is 0. The minimum absolute atomic E-state index is 0.0919. The maximum absolute atomic E-state index is 11.8. The molecule has 1 heteroatoms. The van der Waals surface area contributed by atoms with E-state index >= 15 is 0 Å². The van der Waals surface area contributed by atoms with E-state index in [1.807, 2.05) is 6.07 Å². The molecule has 1 aromatic rings. The van der Waals surface area contributed by atoms with Gasteiger partial charge in [0.2, 0.25) is 0 Å². The van der Waals surface area contributed by atoms with Gasteiger partial charge in [0, 0.05) is 18.3 Å². The first-order valence-corrected chi connectivity index (χ1v) is 6.44. The van der Waals surface area contributed by atoms with Crippen molar-refractivity contribution >= 4 is 5.78 Å². The molecule has 0 heterocycles. The summed E-state index contributed by atoms with van der Waals surface area (Å²) in [4.78, 5) is 11.8. The number of allylic oxidation sites excluding steroid dienone is 1. The number of Topliss-reactive ketones (excluding diaryl/α,β-unsaturated/α-hetero) is 1. The highest BCUT2D eigenvalue weighted by Gasteiger charge is 2.38. The van der Waals surface area contributed by atoms with E-state index in [-0.39, 0.29) is 5.41 Å². The first-order valence-electron chi connectivity index (χ1n) is 6.44. The summed E-state index contributed by atoms with van der Waals surface area (Å²) in [6.45, 7) is 6.36. The number of hydrogen-bond donors (Lipinski definition) is 0. The van der Waals surface area contributed by atoms with E-state index in [1.165, 1.54) is 11.1 Å². The molecule has 1 aliphatic carbocycles. The van der Waals surface area contributed by atoms with Crippen LogP contribution in [-0.2, 0) is 10.2 Å². The third kappa shape index (κ3) is 2.19. The fourth-order valence-corrected chi connectivity index (χ4v) is 2.95. The summed E-state index contributed by atoms with van der Waals surface area (Å²) < 4.78 is 0.